The van der Waals surface area contributed by atoms with E-state index >= 15 is 0 Å². The maximum atomic E-state index is 11.5. The molecule has 0 radical (unpaired) electrons. The van der Waals surface area contributed by atoms with Crippen molar-refractivity contribution in [3.05, 3.63) is 0 Å². The smallest absolute Gasteiger partial charge is 0.310 e. The monoisotopic (exact) mass is 231 g/mol. The lowest BCUT2D eigenvalue weighted by atomic mass is 9.93. The fourth-order valence-electron chi connectivity index (χ4n) is 0.916. The molecule has 0 aromatic carbocycles. The molecule has 0 aliphatic carbocycles. The molecule has 16 heavy (non-hydrogen) atoms. The Morgan fingerprint density at radius 1 is 1.25 bits per heavy atom. The van der Waals surface area contributed by atoms with Crippen molar-refractivity contribution < 1.29 is 19.4 Å². The number of carboxylic acids is 1. The van der Waals surface area contributed by atoms with Gasteiger partial charge in [-0.2, -0.15) is 0 Å². The standard InChI is InChI=1S/C11H21NO4/c1-10(2,9(14)15)7-12-8(13)6-11(3,4)16-5/h6-7H2,1-5H3,(H,12,13)(H,14,15). The lowest BCUT2D eigenvalue weighted by Crippen LogP contribution is -2.41. The van der Waals surface area contributed by atoms with Gasteiger partial charge in [0.2, 0.25) is 5.91 Å². The summed E-state index contributed by atoms with van der Waals surface area (Å²) in [6, 6.07) is 0. The number of hydrogen-bond donors (Lipinski definition) is 2. The molecule has 5 nitrogen and oxygen atoms in total. The number of carbonyl (C=O) groups is 2. The molecule has 0 saturated carbocycles. The largest absolute Gasteiger partial charge is 0.481 e. The van der Waals surface area contributed by atoms with Gasteiger partial charge in [0.25, 0.3) is 0 Å². The quantitative estimate of drug-likeness (QED) is 0.716. The van der Waals surface area contributed by atoms with Gasteiger partial charge < -0.3 is 15.2 Å². The fourth-order valence-corrected chi connectivity index (χ4v) is 0.916. The first-order valence-electron chi connectivity index (χ1n) is 5.16. The minimum Gasteiger partial charge on any atom is -0.481 e. The summed E-state index contributed by atoms with van der Waals surface area (Å²) in [5.74, 6) is -1.14. The van der Waals surface area contributed by atoms with Crippen molar-refractivity contribution in [3.8, 4) is 0 Å². The molecule has 5 heteroatoms. The van der Waals surface area contributed by atoms with E-state index in [0.717, 1.165) is 0 Å². The maximum Gasteiger partial charge on any atom is 0.310 e. The molecule has 0 aliphatic rings. The predicted molar refractivity (Wildman–Crippen MR) is 60.1 cm³/mol. The highest BCUT2D eigenvalue weighted by atomic mass is 16.5. The molecule has 0 aliphatic heterocycles. The molecule has 0 bridgehead atoms. The van der Waals surface area contributed by atoms with Crippen molar-refractivity contribution in [2.24, 2.45) is 5.41 Å². The molecule has 94 valence electrons. The molecule has 0 spiro atoms. The zero-order valence-corrected chi connectivity index (χ0v) is 10.6. The van der Waals surface area contributed by atoms with E-state index in [1.54, 1.807) is 27.7 Å². The third-order valence-corrected chi connectivity index (χ3v) is 2.45. The molecule has 2 N–H and O–H groups in total. The van der Waals surface area contributed by atoms with Crippen LogP contribution >= 0.6 is 0 Å². The van der Waals surface area contributed by atoms with Crippen LogP contribution in [0.15, 0.2) is 0 Å². The zero-order valence-electron chi connectivity index (χ0n) is 10.6. The minimum absolute atomic E-state index is 0.112. The van der Waals surface area contributed by atoms with Crippen molar-refractivity contribution in [1.29, 1.82) is 0 Å². The number of amides is 1. The van der Waals surface area contributed by atoms with E-state index in [1.165, 1.54) is 7.11 Å². The van der Waals surface area contributed by atoms with Crippen LogP contribution in [0.2, 0.25) is 0 Å². The van der Waals surface area contributed by atoms with E-state index in [2.05, 4.69) is 5.32 Å². The van der Waals surface area contributed by atoms with Gasteiger partial charge in [0.1, 0.15) is 0 Å². The third kappa shape index (κ3) is 5.11. The highest BCUT2D eigenvalue weighted by molar-refractivity contribution is 5.79. The van der Waals surface area contributed by atoms with Gasteiger partial charge in [-0.1, -0.05) is 0 Å². The average Bonchev–Trinajstić information content (AvgIpc) is 2.14. The zero-order chi connectivity index (χ0) is 13.0. The van der Waals surface area contributed by atoms with Crippen molar-refractivity contribution in [2.75, 3.05) is 13.7 Å². The van der Waals surface area contributed by atoms with E-state index in [9.17, 15) is 9.59 Å². The van der Waals surface area contributed by atoms with E-state index < -0.39 is 17.0 Å². The van der Waals surface area contributed by atoms with Crippen molar-refractivity contribution in [3.63, 3.8) is 0 Å². The van der Waals surface area contributed by atoms with Gasteiger partial charge in [0, 0.05) is 13.7 Å². The topological polar surface area (TPSA) is 75.6 Å². The Bertz CT molecular complexity index is 271. The Balaban J connectivity index is 4.14. The van der Waals surface area contributed by atoms with Gasteiger partial charge in [0.05, 0.1) is 17.4 Å². The summed E-state index contributed by atoms with van der Waals surface area (Å²) < 4.78 is 5.11. The Kier molecular flexibility index (Phi) is 4.93. The summed E-state index contributed by atoms with van der Waals surface area (Å²) in [6.07, 6.45) is 0.208. The molecule has 0 unspecified atom stereocenters. The van der Waals surface area contributed by atoms with Crippen LogP contribution in [0.1, 0.15) is 34.1 Å². The minimum atomic E-state index is -0.952. The molecule has 1 amide bonds. The first-order chi connectivity index (χ1) is 7.10. The van der Waals surface area contributed by atoms with Crippen LogP contribution in [0, 0.1) is 5.41 Å². The van der Waals surface area contributed by atoms with E-state index in [-0.39, 0.29) is 18.9 Å². The van der Waals surface area contributed by atoms with Crippen LogP contribution in [0.3, 0.4) is 0 Å². The molecule has 0 fully saturated rings. The van der Waals surface area contributed by atoms with Crippen LogP contribution in [0.5, 0.6) is 0 Å². The Morgan fingerprint density at radius 2 is 1.75 bits per heavy atom. The summed E-state index contributed by atoms with van der Waals surface area (Å²) >= 11 is 0. The Hall–Kier alpha value is -1.10. The van der Waals surface area contributed by atoms with Crippen LogP contribution < -0.4 is 5.32 Å². The molecular weight excluding hydrogens is 210 g/mol. The number of carbonyl (C=O) groups excluding carboxylic acids is 1. The van der Waals surface area contributed by atoms with E-state index in [0.29, 0.717) is 0 Å². The Labute approximate surface area is 96.2 Å². The second kappa shape index (κ2) is 5.30. The first kappa shape index (κ1) is 14.9. The van der Waals surface area contributed by atoms with Crippen molar-refractivity contribution in [2.45, 2.75) is 39.7 Å². The van der Waals surface area contributed by atoms with Gasteiger partial charge in [-0.15, -0.1) is 0 Å². The van der Waals surface area contributed by atoms with E-state index in [1.807, 2.05) is 0 Å². The van der Waals surface area contributed by atoms with Gasteiger partial charge in [-0.25, -0.2) is 0 Å². The van der Waals surface area contributed by atoms with Crippen LogP contribution in [0.4, 0.5) is 0 Å². The number of rotatable bonds is 6. The fraction of sp³-hybridized carbons (Fsp3) is 0.818. The maximum absolute atomic E-state index is 11.5. The van der Waals surface area contributed by atoms with Crippen LogP contribution in [-0.4, -0.2) is 36.2 Å². The predicted octanol–water partition coefficient (Wildman–Crippen LogP) is 1.03. The van der Waals surface area contributed by atoms with Gasteiger partial charge >= 0.3 is 5.97 Å². The van der Waals surface area contributed by atoms with Gasteiger partial charge in [-0.05, 0) is 27.7 Å². The van der Waals surface area contributed by atoms with E-state index in [4.69, 9.17) is 9.84 Å². The third-order valence-electron chi connectivity index (χ3n) is 2.45. The van der Waals surface area contributed by atoms with Crippen LogP contribution in [-0.2, 0) is 14.3 Å². The van der Waals surface area contributed by atoms with Crippen molar-refractivity contribution in [1.82, 2.24) is 5.32 Å². The molecule has 0 aromatic rings. The second-order valence-corrected chi connectivity index (χ2v) is 5.11. The van der Waals surface area contributed by atoms with Gasteiger partial charge in [-0.3, -0.25) is 9.59 Å². The second-order valence-electron chi connectivity index (χ2n) is 5.11. The molecule has 0 saturated heterocycles. The first-order valence-corrected chi connectivity index (χ1v) is 5.16. The summed E-state index contributed by atoms with van der Waals surface area (Å²) in [4.78, 5) is 22.3. The number of hydrogen-bond acceptors (Lipinski definition) is 3. The normalized spacial score (nSPS) is 12.3. The Morgan fingerprint density at radius 3 is 2.12 bits per heavy atom. The lowest BCUT2D eigenvalue weighted by Gasteiger charge is -2.24. The summed E-state index contributed by atoms with van der Waals surface area (Å²) in [5.41, 5.74) is -1.48. The molecule has 0 aromatic heterocycles. The number of aliphatic carboxylic acids is 1. The number of nitrogens with one attached hydrogen (secondary N) is 1. The van der Waals surface area contributed by atoms with Gasteiger partial charge in [0.15, 0.2) is 0 Å². The highest BCUT2D eigenvalue weighted by Crippen LogP contribution is 2.15. The summed E-state index contributed by atoms with van der Waals surface area (Å²) in [5, 5.41) is 11.5. The number of ether oxygens (including phenoxy) is 1. The van der Waals surface area contributed by atoms with Crippen LogP contribution in [0.25, 0.3) is 0 Å². The molecule has 0 atom stereocenters. The number of methoxy groups -OCH3 is 1. The number of carboxylic acid groups (broad SMARTS) is 1. The summed E-state index contributed by atoms with van der Waals surface area (Å²) in [6.45, 7) is 6.85. The average molecular weight is 231 g/mol. The lowest BCUT2D eigenvalue weighted by molar-refractivity contribution is -0.146. The SMILES string of the molecule is COC(C)(C)CC(=O)NCC(C)(C)C(=O)O. The summed E-state index contributed by atoms with van der Waals surface area (Å²) in [7, 11) is 1.54. The molecule has 0 heterocycles. The molecular formula is C11H21NO4. The van der Waals surface area contributed by atoms with Crippen molar-refractivity contribution >= 4 is 11.9 Å². The molecule has 0 rings (SSSR count). The highest BCUT2D eigenvalue weighted by Gasteiger charge is 2.28.